The van der Waals surface area contributed by atoms with Gasteiger partial charge in [0.1, 0.15) is 12.1 Å². The van der Waals surface area contributed by atoms with Gasteiger partial charge < -0.3 is 10.6 Å². The Labute approximate surface area is 136 Å². The first-order valence-electron chi connectivity index (χ1n) is 8.59. The van der Waals surface area contributed by atoms with Crippen LogP contribution in [0.3, 0.4) is 0 Å². The number of amides is 4. The maximum atomic E-state index is 12.4. The molecule has 0 aromatic rings. The first kappa shape index (κ1) is 16.0. The van der Waals surface area contributed by atoms with E-state index in [0.717, 1.165) is 37.0 Å². The summed E-state index contributed by atoms with van der Waals surface area (Å²) in [4.78, 5) is 37.5. The molecule has 2 N–H and O–H groups in total. The number of hydrogen-bond acceptors (Lipinski definition) is 3. The van der Waals surface area contributed by atoms with E-state index < -0.39 is 11.6 Å². The summed E-state index contributed by atoms with van der Waals surface area (Å²) in [6.45, 7) is 2.14. The Hall–Kier alpha value is -1.85. The molecule has 0 spiro atoms. The number of carbonyl (C=O) groups excluding carboxylic acids is 3. The molecule has 3 aliphatic rings. The van der Waals surface area contributed by atoms with Crippen molar-refractivity contribution < 1.29 is 14.4 Å². The summed E-state index contributed by atoms with van der Waals surface area (Å²) in [5.74, 6) is -0.328. The van der Waals surface area contributed by atoms with E-state index in [2.05, 4.69) is 16.7 Å². The largest absolute Gasteiger partial charge is 0.354 e. The predicted molar refractivity (Wildman–Crippen MR) is 85.6 cm³/mol. The molecule has 126 valence electrons. The van der Waals surface area contributed by atoms with Crippen LogP contribution in [0.25, 0.3) is 0 Å². The summed E-state index contributed by atoms with van der Waals surface area (Å²) < 4.78 is 0. The summed E-state index contributed by atoms with van der Waals surface area (Å²) in [6.07, 6.45) is 9.74. The topological polar surface area (TPSA) is 78.5 Å². The minimum absolute atomic E-state index is 0.188. The number of allylic oxidation sites excluding steroid dienone is 1. The van der Waals surface area contributed by atoms with Crippen molar-refractivity contribution in [2.24, 2.45) is 5.92 Å². The second-order valence-electron chi connectivity index (χ2n) is 7.01. The molecular weight excluding hydrogens is 294 g/mol. The second-order valence-corrected chi connectivity index (χ2v) is 7.01. The number of nitrogens with zero attached hydrogens (tertiary/aromatic N) is 1. The quantitative estimate of drug-likeness (QED) is 0.578. The molecule has 1 aliphatic heterocycles. The number of hydrogen-bond donors (Lipinski definition) is 2. The Kier molecular flexibility index (Phi) is 4.41. The predicted octanol–water partition coefficient (Wildman–Crippen LogP) is 1.71. The van der Waals surface area contributed by atoms with Crippen LogP contribution < -0.4 is 10.6 Å². The van der Waals surface area contributed by atoms with Crippen molar-refractivity contribution in [3.8, 4) is 0 Å². The molecule has 2 aliphatic carbocycles. The van der Waals surface area contributed by atoms with E-state index >= 15 is 0 Å². The van der Waals surface area contributed by atoms with Gasteiger partial charge in [0.2, 0.25) is 5.91 Å². The third kappa shape index (κ3) is 3.41. The number of urea groups is 1. The van der Waals surface area contributed by atoms with Gasteiger partial charge >= 0.3 is 6.03 Å². The van der Waals surface area contributed by atoms with Crippen LogP contribution in [0.5, 0.6) is 0 Å². The highest BCUT2D eigenvalue weighted by Crippen LogP contribution is 2.42. The van der Waals surface area contributed by atoms with Crippen molar-refractivity contribution >= 4 is 17.8 Å². The SMILES string of the molecule is C[C@]1(C2CC2)NC(=O)N(CC(=O)NCCC2=CCCCC2)C1=O. The van der Waals surface area contributed by atoms with E-state index in [-0.39, 0.29) is 24.3 Å². The normalized spacial score (nSPS) is 27.7. The van der Waals surface area contributed by atoms with Crippen molar-refractivity contribution in [1.29, 1.82) is 0 Å². The summed E-state index contributed by atoms with van der Waals surface area (Å²) >= 11 is 0. The summed E-state index contributed by atoms with van der Waals surface area (Å²) in [7, 11) is 0. The Morgan fingerprint density at radius 1 is 1.39 bits per heavy atom. The fourth-order valence-corrected chi connectivity index (χ4v) is 3.49. The van der Waals surface area contributed by atoms with E-state index in [1.807, 2.05) is 0 Å². The molecule has 2 fully saturated rings. The molecule has 3 rings (SSSR count). The van der Waals surface area contributed by atoms with Crippen LogP contribution in [-0.2, 0) is 9.59 Å². The molecular formula is C17H25N3O3. The zero-order valence-corrected chi connectivity index (χ0v) is 13.7. The van der Waals surface area contributed by atoms with Crippen LogP contribution in [-0.4, -0.2) is 41.4 Å². The maximum Gasteiger partial charge on any atom is 0.325 e. The molecule has 1 saturated carbocycles. The highest BCUT2D eigenvalue weighted by atomic mass is 16.2. The molecule has 4 amide bonds. The molecule has 0 bridgehead atoms. The molecule has 0 unspecified atom stereocenters. The molecule has 1 heterocycles. The molecule has 0 aromatic carbocycles. The van der Waals surface area contributed by atoms with Gasteiger partial charge in [0.15, 0.2) is 0 Å². The summed E-state index contributed by atoms with van der Waals surface area (Å²) in [5, 5.41) is 5.57. The van der Waals surface area contributed by atoms with Gasteiger partial charge in [-0.15, -0.1) is 0 Å². The van der Waals surface area contributed by atoms with Crippen LogP contribution in [0.4, 0.5) is 4.79 Å². The Morgan fingerprint density at radius 2 is 2.17 bits per heavy atom. The lowest BCUT2D eigenvalue weighted by atomic mass is 9.96. The monoisotopic (exact) mass is 319 g/mol. The van der Waals surface area contributed by atoms with Crippen LogP contribution in [0.15, 0.2) is 11.6 Å². The van der Waals surface area contributed by atoms with E-state index in [4.69, 9.17) is 0 Å². The Balaban J connectivity index is 1.47. The lowest BCUT2D eigenvalue weighted by Crippen LogP contribution is -2.47. The lowest BCUT2D eigenvalue weighted by Gasteiger charge is -2.20. The van der Waals surface area contributed by atoms with Crippen molar-refractivity contribution in [3.63, 3.8) is 0 Å². The number of rotatable bonds is 6. The molecule has 6 heteroatoms. The number of imide groups is 1. The minimum Gasteiger partial charge on any atom is -0.354 e. The fraction of sp³-hybridized carbons (Fsp3) is 0.706. The van der Waals surface area contributed by atoms with Gasteiger partial charge in [0, 0.05) is 6.54 Å². The average molecular weight is 319 g/mol. The van der Waals surface area contributed by atoms with Gasteiger partial charge in [-0.05, 0) is 57.8 Å². The van der Waals surface area contributed by atoms with Gasteiger partial charge in [0.05, 0.1) is 0 Å². The van der Waals surface area contributed by atoms with Gasteiger partial charge in [-0.2, -0.15) is 0 Å². The second kappa shape index (κ2) is 6.34. The zero-order chi connectivity index (χ0) is 16.4. The van der Waals surface area contributed by atoms with E-state index in [1.165, 1.54) is 18.4 Å². The van der Waals surface area contributed by atoms with Gasteiger partial charge in [-0.3, -0.25) is 14.5 Å². The molecule has 23 heavy (non-hydrogen) atoms. The number of nitrogens with one attached hydrogen (secondary N) is 2. The van der Waals surface area contributed by atoms with Crippen molar-refractivity contribution in [1.82, 2.24) is 15.5 Å². The molecule has 0 radical (unpaired) electrons. The molecule has 0 aromatic heterocycles. The van der Waals surface area contributed by atoms with Gasteiger partial charge in [0.25, 0.3) is 5.91 Å². The van der Waals surface area contributed by atoms with Crippen LogP contribution in [0.2, 0.25) is 0 Å². The van der Waals surface area contributed by atoms with Crippen molar-refractivity contribution in [2.45, 2.75) is 57.4 Å². The minimum atomic E-state index is -0.815. The van der Waals surface area contributed by atoms with Crippen molar-refractivity contribution in [3.05, 3.63) is 11.6 Å². The van der Waals surface area contributed by atoms with Gasteiger partial charge in [-0.25, -0.2) is 4.79 Å². The Morgan fingerprint density at radius 3 is 2.83 bits per heavy atom. The van der Waals surface area contributed by atoms with E-state index in [9.17, 15) is 14.4 Å². The highest BCUT2D eigenvalue weighted by Gasteiger charge is 2.56. The smallest absolute Gasteiger partial charge is 0.325 e. The summed E-state index contributed by atoms with van der Waals surface area (Å²) in [5.41, 5.74) is 0.581. The van der Waals surface area contributed by atoms with Crippen LogP contribution in [0, 0.1) is 5.92 Å². The number of carbonyl (C=O) groups is 3. The zero-order valence-electron chi connectivity index (χ0n) is 13.7. The third-order valence-corrected chi connectivity index (χ3v) is 5.15. The Bertz CT molecular complexity index is 553. The first-order valence-corrected chi connectivity index (χ1v) is 8.59. The van der Waals surface area contributed by atoms with Crippen LogP contribution >= 0.6 is 0 Å². The van der Waals surface area contributed by atoms with Crippen LogP contribution in [0.1, 0.15) is 51.9 Å². The standard InChI is InChI=1S/C17H25N3O3/c1-17(13-7-8-13)15(22)20(16(23)19-17)11-14(21)18-10-9-12-5-3-2-4-6-12/h5,13H,2-4,6-11H2,1H3,(H,18,21)(H,19,23)/t17-/m1/s1. The third-order valence-electron chi connectivity index (χ3n) is 5.15. The van der Waals surface area contributed by atoms with Gasteiger partial charge in [-0.1, -0.05) is 11.6 Å². The van der Waals surface area contributed by atoms with Crippen molar-refractivity contribution in [2.75, 3.05) is 13.1 Å². The van der Waals surface area contributed by atoms with E-state index in [1.54, 1.807) is 6.92 Å². The highest BCUT2D eigenvalue weighted by molar-refractivity contribution is 6.09. The molecule has 1 atom stereocenters. The molecule has 1 saturated heterocycles. The first-order chi connectivity index (χ1) is 11.0. The average Bonchev–Trinajstić information content (AvgIpc) is 3.35. The molecule has 6 nitrogen and oxygen atoms in total. The van der Waals surface area contributed by atoms with E-state index in [0.29, 0.717) is 6.54 Å². The maximum absolute atomic E-state index is 12.4. The lowest BCUT2D eigenvalue weighted by molar-refractivity contribution is -0.135. The summed E-state index contributed by atoms with van der Waals surface area (Å²) in [6, 6.07) is -0.450. The fourth-order valence-electron chi connectivity index (χ4n) is 3.49.